The first-order valence-electron chi connectivity index (χ1n) is 12.2. The molecule has 2 fully saturated rings. The van der Waals surface area contributed by atoms with Gasteiger partial charge in [0.15, 0.2) is 0 Å². The van der Waals surface area contributed by atoms with E-state index in [1.807, 2.05) is 49.5 Å². The summed E-state index contributed by atoms with van der Waals surface area (Å²) in [7, 11) is -2.86. The molecule has 1 saturated heterocycles. The number of aryl methyl sites for hydroxylation is 1. The number of aromatic nitrogens is 1. The van der Waals surface area contributed by atoms with Gasteiger partial charge in [-0.1, -0.05) is 18.2 Å². The molecule has 0 unspecified atom stereocenters. The summed E-state index contributed by atoms with van der Waals surface area (Å²) in [6, 6.07) is 13.7. The van der Waals surface area contributed by atoms with E-state index in [1.165, 1.54) is 0 Å². The Labute approximate surface area is 206 Å². The number of nitrogens with zero attached hydrogens (tertiary/aromatic N) is 1. The minimum atomic E-state index is -2.86. The monoisotopic (exact) mass is 493 g/mol. The van der Waals surface area contributed by atoms with Crippen LogP contribution in [-0.4, -0.2) is 43.0 Å². The number of carbonyl (C=O) groups is 1. The number of hydrogen-bond donors (Lipinski definition) is 2. The largest absolute Gasteiger partial charge is 0.374 e. The second-order valence-corrected chi connectivity index (χ2v) is 11.9. The van der Waals surface area contributed by atoms with Crippen LogP contribution in [-0.2, 0) is 27.7 Å². The molecule has 1 aliphatic heterocycles. The standard InChI is InChI=1S/C27H31N3O4S/c1-18-25(30-27(31)21-4-2-19(3-5-21)17-34-24-7-8-24)9-6-22-14-20(16-29-26(18)22)15-28-23-10-12-35(32,33)13-11-23/h2-6,9,14,16,23-24,28H,7-8,10-13,15,17H2,1H3,(H,30,31). The molecule has 1 amide bonds. The number of nitrogens with one attached hydrogen (secondary N) is 2. The van der Waals surface area contributed by atoms with Gasteiger partial charge in [0.05, 0.1) is 29.7 Å². The Balaban J connectivity index is 1.21. The average Bonchev–Trinajstić information content (AvgIpc) is 3.69. The summed E-state index contributed by atoms with van der Waals surface area (Å²) in [5.41, 5.74) is 5.23. The van der Waals surface area contributed by atoms with Crippen molar-refractivity contribution in [2.75, 3.05) is 16.8 Å². The minimum Gasteiger partial charge on any atom is -0.374 e. The Hall–Kier alpha value is -2.81. The Morgan fingerprint density at radius 1 is 1.03 bits per heavy atom. The van der Waals surface area contributed by atoms with Gasteiger partial charge < -0.3 is 15.4 Å². The van der Waals surface area contributed by atoms with E-state index < -0.39 is 9.84 Å². The van der Waals surface area contributed by atoms with Gasteiger partial charge in [0.2, 0.25) is 0 Å². The Bertz CT molecular complexity index is 1320. The zero-order valence-corrected chi connectivity index (χ0v) is 20.7. The predicted molar refractivity (Wildman–Crippen MR) is 137 cm³/mol. The van der Waals surface area contributed by atoms with Crippen molar-refractivity contribution >= 4 is 32.3 Å². The Morgan fingerprint density at radius 3 is 2.49 bits per heavy atom. The highest BCUT2D eigenvalue weighted by atomic mass is 32.2. The van der Waals surface area contributed by atoms with E-state index in [-0.39, 0.29) is 23.5 Å². The van der Waals surface area contributed by atoms with Gasteiger partial charge >= 0.3 is 0 Å². The van der Waals surface area contributed by atoms with Crippen molar-refractivity contribution in [3.05, 3.63) is 70.9 Å². The van der Waals surface area contributed by atoms with Gasteiger partial charge in [-0.3, -0.25) is 9.78 Å². The summed E-state index contributed by atoms with van der Waals surface area (Å²) in [5, 5.41) is 7.48. The maximum absolute atomic E-state index is 12.8. The second kappa shape index (κ2) is 10.0. The molecule has 3 aromatic rings. The first-order valence-corrected chi connectivity index (χ1v) is 14.0. The van der Waals surface area contributed by atoms with Crippen molar-refractivity contribution in [2.45, 2.75) is 57.9 Å². The third-order valence-electron chi connectivity index (χ3n) is 6.79. The molecule has 1 saturated carbocycles. The molecule has 0 atom stereocenters. The van der Waals surface area contributed by atoms with Gasteiger partial charge in [0, 0.05) is 35.4 Å². The molecule has 5 rings (SSSR count). The minimum absolute atomic E-state index is 0.155. The molecule has 1 aromatic heterocycles. The summed E-state index contributed by atoms with van der Waals surface area (Å²) in [6.07, 6.45) is 5.86. The third-order valence-corrected chi connectivity index (χ3v) is 8.50. The number of rotatable bonds is 8. The van der Waals surface area contributed by atoms with Gasteiger partial charge in [-0.2, -0.15) is 0 Å². The molecule has 0 spiro atoms. The quantitative estimate of drug-likeness (QED) is 0.490. The van der Waals surface area contributed by atoms with Crippen molar-refractivity contribution in [1.82, 2.24) is 10.3 Å². The highest BCUT2D eigenvalue weighted by molar-refractivity contribution is 7.91. The third kappa shape index (κ3) is 6.07. The molecule has 2 heterocycles. The number of ether oxygens (including phenoxy) is 1. The lowest BCUT2D eigenvalue weighted by Gasteiger charge is -2.23. The van der Waals surface area contributed by atoms with Gasteiger partial charge in [0.25, 0.3) is 5.91 Å². The fraction of sp³-hybridized carbons (Fsp3) is 0.407. The number of pyridine rings is 1. The second-order valence-electron chi connectivity index (χ2n) is 9.62. The first-order chi connectivity index (χ1) is 16.9. The molecular weight excluding hydrogens is 462 g/mol. The summed E-state index contributed by atoms with van der Waals surface area (Å²) < 4.78 is 28.9. The van der Waals surface area contributed by atoms with Gasteiger partial charge in [0.1, 0.15) is 9.84 Å². The van der Waals surface area contributed by atoms with Crippen LogP contribution >= 0.6 is 0 Å². The van der Waals surface area contributed by atoms with Crippen LogP contribution in [0.4, 0.5) is 5.69 Å². The summed E-state index contributed by atoms with van der Waals surface area (Å²) in [4.78, 5) is 17.5. The van der Waals surface area contributed by atoms with E-state index in [4.69, 9.17) is 4.74 Å². The molecule has 184 valence electrons. The van der Waals surface area contributed by atoms with Crippen LogP contribution in [0.5, 0.6) is 0 Å². The van der Waals surface area contributed by atoms with E-state index in [9.17, 15) is 13.2 Å². The molecule has 2 N–H and O–H groups in total. The highest BCUT2D eigenvalue weighted by Crippen LogP contribution is 2.26. The van der Waals surface area contributed by atoms with Crippen molar-refractivity contribution < 1.29 is 17.9 Å². The van der Waals surface area contributed by atoms with E-state index in [1.54, 1.807) is 0 Å². The number of benzene rings is 2. The van der Waals surface area contributed by atoms with E-state index in [2.05, 4.69) is 21.7 Å². The van der Waals surface area contributed by atoms with Crippen LogP contribution in [0.25, 0.3) is 10.9 Å². The van der Waals surface area contributed by atoms with Crippen LogP contribution in [0.1, 0.15) is 52.7 Å². The smallest absolute Gasteiger partial charge is 0.255 e. The fourth-order valence-electron chi connectivity index (χ4n) is 4.38. The van der Waals surface area contributed by atoms with Crippen LogP contribution in [0.3, 0.4) is 0 Å². The number of carbonyl (C=O) groups excluding carboxylic acids is 1. The first kappa shape index (κ1) is 23.9. The molecule has 2 aromatic carbocycles. The maximum atomic E-state index is 12.8. The van der Waals surface area contributed by atoms with Crippen molar-refractivity contribution in [3.8, 4) is 0 Å². The Morgan fingerprint density at radius 2 is 1.77 bits per heavy atom. The van der Waals surface area contributed by atoms with Crippen LogP contribution in [0, 0.1) is 6.92 Å². The number of sulfone groups is 1. The molecule has 0 radical (unpaired) electrons. The lowest BCUT2D eigenvalue weighted by molar-refractivity contribution is 0.102. The van der Waals surface area contributed by atoms with Gasteiger partial charge in [-0.15, -0.1) is 0 Å². The van der Waals surface area contributed by atoms with E-state index in [0.29, 0.717) is 37.7 Å². The van der Waals surface area contributed by atoms with E-state index in [0.717, 1.165) is 46.1 Å². The number of hydrogen-bond acceptors (Lipinski definition) is 6. The number of amides is 1. The zero-order valence-electron chi connectivity index (χ0n) is 19.9. The topological polar surface area (TPSA) is 97.4 Å². The van der Waals surface area contributed by atoms with Gasteiger partial charge in [-0.05, 0) is 73.6 Å². The maximum Gasteiger partial charge on any atom is 0.255 e. The normalized spacial score (nSPS) is 18.0. The van der Waals surface area contributed by atoms with Crippen LogP contribution < -0.4 is 10.6 Å². The lowest BCUT2D eigenvalue weighted by atomic mass is 10.1. The summed E-state index contributed by atoms with van der Waals surface area (Å²) in [5.74, 6) is 0.359. The molecule has 35 heavy (non-hydrogen) atoms. The van der Waals surface area contributed by atoms with Gasteiger partial charge in [-0.25, -0.2) is 8.42 Å². The highest BCUT2D eigenvalue weighted by Gasteiger charge is 2.23. The van der Waals surface area contributed by atoms with Crippen molar-refractivity contribution in [3.63, 3.8) is 0 Å². The molecular formula is C27H31N3O4S. The number of fused-ring (bicyclic) bond motifs is 1. The molecule has 1 aliphatic carbocycles. The summed E-state index contributed by atoms with van der Waals surface area (Å²) >= 11 is 0. The number of anilines is 1. The summed E-state index contributed by atoms with van der Waals surface area (Å²) in [6.45, 7) is 3.19. The Kier molecular flexibility index (Phi) is 6.86. The molecule has 8 heteroatoms. The van der Waals surface area contributed by atoms with Crippen LogP contribution in [0.2, 0.25) is 0 Å². The zero-order chi connectivity index (χ0) is 24.4. The van der Waals surface area contributed by atoms with Crippen molar-refractivity contribution in [1.29, 1.82) is 0 Å². The molecule has 0 bridgehead atoms. The van der Waals surface area contributed by atoms with E-state index >= 15 is 0 Å². The SMILES string of the molecule is Cc1c(NC(=O)c2ccc(COC3CC3)cc2)ccc2cc(CNC3CCS(=O)(=O)CC3)cnc12. The fourth-order valence-corrected chi connectivity index (χ4v) is 5.87. The lowest BCUT2D eigenvalue weighted by Crippen LogP contribution is -2.37. The van der Waals surface area contributed by atoms with Crippen LogP contribution in [0.15, 0.2) is 48.7 Å². The van der Waals surface area contributed by atoms with Crippen molar-refractivity contribution in [2.24, 2.45) is 0 Å². The molecule has 7 nitrogen and oxygen atoms in total. The predicted octanol–water partition coefficient (Wildman–Crippen LogP) is 4.14. The molecule has 2 aliphatic rings. The average molecular weight is 494 g/mol.